The fourth-order valence-electron chi connectivity index (χ4n) is 1.52. The summed E-state index contributed by atoms with van der Waals surface area (Å²) in [5.41, 5.74) is 0.0256. The highest BCUT2D eigenvalue weighted by Gasteiger charge is 2.31. The zero-order chi connectivity index (χ0) is 16.1. The number of amides is 1. The van der Waals surface area contributed by atoms with E-state index in [1.807, 2.05) is 0 Å². The number of halogens is 3. The maximum absolute atomic E-state index is 12.1. The average molecular weight is 305 g/mol. The van der Waals surface area contributed by atoms with Crippen LogP contribution in [0, 0.1) is 0 Å². The van der Waals surface area contributed by atoms with Crippen LogP contribution in [0.2, 0.25) is 0 Å². The number of nitrogens with one attached hydrogen (secondary N) is 1. The molecule has 21 heavy (non-hydrogen) atoms. The Balaban J connectivity index is 2.46. The summed E-state index contributed by atoms with van der Waals surface area (Å²) in [5, 5.41) is 2.53. The Hall–Kier alpha value is -1.92. The van der Waals surface area contributed by atoms with E-state index in [9.17, 15) is 18.0 Å². The fourth-order valence-corrected chi connectivity index (χ4v) is 1.52. The highest BCUT2D eigenvalue weighted by atomic mass is 19.4. The van der Waals surface area contributed by atoms with Crippen molar-refractivity contribution in [3.8, 4) is 5.75 Å². The van der Waals surface area contributed by atoms with Crippen LogP contribution in [-0.2, 0) is 11.2 Å². The molecule has 1 rings (SSSR count). The van der Waals surface area contributed by atoms with E-state index in [4.69, 9.17) is 4.74 Å². The van der Waals surface area contributed by atoms with Crippen LogP contribution >= 0.6 is 0 Å². The van der Waals surface area contributed by atoms with Gasteiger partial charge in [0.1, 0.15) is 11.4 Å². The predicted octanol–water partition coefficient (Wildman–Crippen LogP) is 3.65. The fraction of sp³-hybridized carbons (Fsp3) is 0.500. The van der Waals surface area contributed by atoms with Crippen molar-refractivity contribution in [2.45, 2.75) is 39.2 Å². The minimum absolute atomic E-state index is 0.254. The number of carbonyl (C=O) groups is 1. The van der Waals surface area contributed by atoms with E-state index in [2.05, 4.69) is 10.1 Å². The Labute approximate surface area is 121 Å². The summed E-state index contributed by atoms with van der Waals surface area (Å²) in [6, 6.07) is 5.62. The lowest BCUT2D eigenvalue weighted by Crippen LogP contribution is -2.33. The molecular formula is C14H18F3NO3. The second kappa shape index (κ2) is 6.69. The van der Waals surface area contributed by atoms with Gasteiger partial charge in [0.2, 0.25) is 0 Å². The van der Waals surface area contributed by atoms with E-state index in [1.165, 1.54) is 18.2 Å². The first-order chi connectivity index (χ1) is 9.55. The van der Waals surface area contributed by atoms with E-state index in [0.29, 0.717) is 12.0 Å². The number of alkyl halides is 3. The van der Waals surface area contributed by atoms with Crippen LogP contribution in [0.15, 0.2) is 24.3 Å². The second-order valence-corrected chi connectivity index (χ2v) is 5.37. The van der Waals surface area contributed by atoms with E-state index >= 15 is 0 Å². The molecule has 0 atom stereocenters. The highest BCUT2D eigenvalue weighted by Crippen LogP contribution is 2.23. The number of ether oxygens (including phenoxy) is 2. The molecule has 0 unspecified atom stereocenters. The van der Waals surface area contributed by atoms with Crippen LogP contribution in [0.1, 0.15) is 26.3 Å². The van der Waals surface area contributed by atoms with E-state index in [1.54, 1.807) is 26.8 Å². The van der Waals surface area contributed by atoms with Crippen molar-refractivity contribution >= 4 is 6.09 Å². The summed E-state index contributed by atoms with van der Waals surface area (Å²) in [7, 11) is 0. The van der Waals surface area contributed by atoms with Gasteiger partial charge in [-0.2, -0.15) is 0 Å². The van der Waals surface area contributed by atoms with Crippen LogP contribution in [0.4, 0.5) is 18.0 Å². The SMILES string of the molecule is CC(C)(C)OC(=O)NCCc1cccc(OC(F)(F)F)c1. The molecule has 0 fully saturated rings. The Morgan fingerprint density at radius 2 is 1.90 bits per heavy atom. The van der Waals surface area contributed by atoms with Crippen LogP contribution in [0.25, 0.3) is 0 Å². The molecule has 1 N–H and O–H groups in total. The van der Waals surface area contributed by atoms with Crippen molar-refractivity contribution in [3.05, 3.63) is 29.8 Å². The molecule has 118 valence electrons. The zero-order valence-corrected chi connectivity index (χ0v) is 12.1. The molecule has 0 aliphatic carbocycles. The largest absolute Gasteiger partial charge is 0.573 e. The molecule has 0 aliphatic rings. The maximum atomic E-state index is 12.1. The van der Waals surface area contributed by atoms with Gasteiger partial charge in [-0.25, -0.2) is 4.79 Å². The number of alkyl carbamates (subject to hydrolysis) is 1. The number of carbonyl (C=O) groups excluding carboxylic acids is 1. The molecule has 0 saturated heterocycles. The molecular weight excluding hydrogens is 287 g/mol. The molecule has 0 aromatic heterocycles. The summed E-state index contributed by atoms with van der Waals surface area (Å²) < 4.78 is 45.1. The van der Waals surface area contributed by atoms with E-state index in [-0.39, 0.29) is 12.3 Å². The quantitative estimate of drug-likeness (QED) is 0.923. The van der Waals surface area contributed by atoms with Gasteiger partial charge in [0.15, 0.2) is 0 Å². The van der Waals surface area contributed by atoms with Gasteiger partial charge in [-0.3, -0.25) is 0 Å². The lowest BCUT2D eigenvalue weighted by Gasteiger charge is -2.19. The third-order valence-electron chi connectivity index (χ3n) is 2.21. The van der Waals surface area contributed by atoms with Crippen molar-refractivity contribution < 1.29 is 27.4 Å². The highest BCUT2D eigenvalue weighted by molar-refractivity contribution is 5.67. The van der Waals surface area contributed by atoms with Crippen LogP contribution in [0.5, 0.6) is 5.75 Å². The van der Waals surface area contributed by atoms with Crippen LogP contribution in [0.3, 0.4) is 0 Å². The van der Waals surface area contributed by atoms with Crippen molar-refractivity contribution in [2.75, 3.05) is 6.54 Å². The third kappa shape index (κ3) is 8.06. The molecule has 1 aromatic rings. The summed E-state index contributed by atoms with van der Waals surface area (Å²) in [6.45, 7) is 5.48. The Morgan fingerprint density at radius 1 is 1.24 bits per heavy atom. The summed E-state index contributed by atoms with van der Waals surface area (Å²) >= 11 is 0. The summed E-state index contributed by atoms with van der Waals surface area (Å²) in [4.78, 5) is 11.4. The molecule has 7 heteroatoms. The van der Waals surface area contributed by atoms with Crippen molar-refractivity contribution in [1.82, 2.24) is 5.32 Å². The smallest absolute Gasteiger partial charge is 0.444 e. The molecule has 0 aliphatic heterocycles. The van der Waals surface area contributed by atoms with E-state index < -0.39 is 18.1 Å². The summed E-state index contributed by atoms with van der Waals surface area (Å²) in [5.74, 6) is -0.280. The molecule has 0 saturated carbocycles. The predicted molar refractivity (Wildman–Crippen MR) is 71.1 cm³/mol. The second-order valence-electron chi connectivity index (χ2n) is 5.37. The Morgan fingerprint density at radius 3 is 2.48 bits per heavy atom. The van der Waals surface area contributed by atoms with E-state index in [0.717, 1.165) is 0 Å². The zero-order valence-electron chi connectivity index (χ0n) is 12.1. The van der Waals surface area contributed by atoms with Gasteiger partial charge in [-0.05, 0) is 44.9 Å². The molecule has 0 radical (unpaired) electrons. The minimum atomic E-state index is -4.71. The first-order valence-electron chi connectivity index (χ1n) is 6.37. The minimum Gasteiger partial charge on any atom is -0.444 e. The summed E-state index contributed by atoms with van der Waals surface area (Å²) in [6.07, 6.45) is -4.91. The standard InChI is InChI=1S/C14H18F3NO3/c1-13(2,3)21-12(19)18-8-7-10-5-4-6-11(9-10)20-14(15,16)17/h4-6,9H,7-8H2,1-3H3,(H,18,19). The molecule has 0 bridgehead atoms. The first-order valence-corrected chi connectivity index (χ1v) is 6.37. The lowest BCUT2D eigenvalue weighted by atomic mass is 10.1. The number of hydrogen-bond acceptors (Lipinski definition) is 3. The van der Waals surface area contributed by atoms with Gasteiger partial charge in [0.25, 0.3) is 0 Å². The third-order valence-corrected chi connectivity index (χ3v) is 2.21. The average Bonchev–Trinajstić information content (AvgIpc) is 2.24. The Bertz CT molecular complexity index is 481. The number of hydrogen-bond donors (Lipinski definition) is 1. The Kier molecular flexibility index (Phi) is 5.46. The molecule has 4 nitrogen and oxygen atoms in total. The van der Waals surface area contributed by atoms with Crippen LogP contribution < -0.4 is 10.1 Å². The number of rotatable bonds is 4. The lowest BCUT2D eigenvalue weighted by molar-refractivity contribution is -0.274. The molecule has 1 aromatic carbocycles. The molecule has 1 amide bonds. The topological polar surface area (TPSA) is 47.6 Å². The van der Waals surface area contributed by atoms with Crippen LogP contribution in [-0.4, -0.2) is 24.6 Å². The maximum Gasteiger partial charge on any atom is 0.573 e. The van der Waals surface area contributed by atoms with Gasteiger partial charge in [0, 0.05) is 6.54 Å². The van der Waals surface area contributed by atoms with Gasteiger partial charge in [-0.15, -0.1) is 13.2 Å². The first kappa shape index (κ1) is 17.1. The van der Waals surface area contributed by atoms with Gasteiger partial charge in [0.05, 0.1) is 0 Å². The molecule has 0 spiro atoms. The van der Waals surface area contributed by atoms with Gasteiger partial charge >= 0.3 is 12.5 Å². The number of benzene rings is 1. The van der Waals surface area contributed by atoms with Crippen molar-refractivity contribution in [1.29, 1.82) is 0 Å². The normalized spacial score (nSPS) is 11.9. The van der Waals surface area contributed by atoms with Gasteiger partial charge in [-0.1, -0.05) is 12.1 Å². The monoisotopic (exact) mass is 305 g/mol. The van der Waals surface area contributed by atoms with Crippen molar-refractivity contribution in [2.24, 2.45) is 0 Å². The van der Waals surface area contributed by atoms with Crippen molar-refractivity contribution in [3.63, 3.8) is 0 Å². The van der Waals surface area contributed by atoms with Gasteiger partial charge < -0.3 is 14.8 Å². The molecule has 0 heterocycles.